The third-order valence-corrected chi connectivity index (χ3v) is 5.23. The van der Waals surface area contributed by atoms with Crippen molar-refractivity contribution in [3.63, 3.8) is 0 Å². The van der Waals surface area contributed by atoms with Crippen LogP contribution in [0.3, 0.4) is 0 Å². The van der Waals surface area contributed by atoms with Gasteiger partial charge in [0.05, 0.1) is 17.6 Å². The van der Waals surface area contributed by atoms with Crippen molar-refractivity contribution in [3.05, 3.63) is 30.1 Å². The number of benzene rings is 1. The molecule has 1 heterocycles. The van der Waals surface area contributed by atoms with E-state index in [9.17, 15) is 4.79 Å². The number of para-hydroxylation sites is 2. The molecular weight excluding hydrogens is 334 g/mol. The molecule has 2 rings (SSSR count). The van der Waals surface area contributed by atoms with Crippen molar-refractivity contribution >= 4 is 16.9 Å². The number of hydrogen-bond donors (Lipinski definition) is 1. The van der Waals surface area contributed by atoms with Gasteiger partial charge in [0.25, 0.3) is 0 Å². The largest absolute Gasteiger partial charge is 0.349 e. The number of imidazole rings is 1. The van der Waals surface area contributed by atoms with Crippen molar-refractivity contribution in [1.29, 1.82) is 0 Å². The van der Waals surface area contributed by atoms with Gasteiger partial charge in [-0.3, -0.25) is 4.79 Å². The molecule has 0 radical (unpaired) electrons. The van der Waals surface area contributed by atoms with Gasteiger partial charge < -0.3 is 9.88 Å². The molecule has 0 aliphatic heterocycles. The number of rotatable bonds is 14. The second-order valence-corrected chi connectivity index (χ2v) is 7.48. The third-order valence-electron chi connectivity index (χ3n) is 5.23. The number of carbonyl (C=O) groups excluding carboxylic acids is 1. The molecule has 1 aromatic heterocycles. The summed E-state index contributed by atoms with van der Waals surface area (Å²) < 4.78 is 2.29. The van der Waals surface area contributed by atoms with Gasteiger partial charge >= 0.3 is 0 Å². The van der Waals surface area contributed by atoms with Crippen LogP contribution in [0.2, 0.25) is 0 Å². The van der Waals surface area contributed by atoms with Crippen LogP contribution in [-0.4, -0.2) is 15.5 Å². The van der Waals surface area contributed by atoms with Crippen molar-refractivity contribution in [2.75, 3.05) is 0 Å². The van der Waals surface area contributed by atoms with Gasteiger partial charge in [-0.05, 0) is 18.6 Å². The molecule has 0 unspecified atom stereocenters. The summed E-state index contributed by atoms with van der Waals surface area (Å²) in [5.74, 6) is 1.04. The molecule has 2 aromatic rings. The Morgan fingerprint density at radius 1 is 0.926 bits per heavy atom. The van der Waals surface area contributed by atoms with Crippen LogP contribution in [0.25, 0.3) is 11.0 Å². The topological polar surface area (TPSA) is 46.9 Å². The van der Waals surface area contributed by atoms with Crippen LogP contribution >= 0.6 is 0 Å². The lowest BCUT2D eigenvalue weighted by molar-refractivity contribution is -0.120. The monoisotopic (exact) mass is 371 g/mol. The molecular formula is C23H37N3O. The zero-order valence-electron chi connectivity index (χ0n) is 17.3. The van der Waals surface area contributed by atoms with E-state index in [0.717, 1.165) is 17.9 Å². The maximum Gasteiger partial charge on any atom is 0.220 e. The van der Waals surface area contributed by atoms with Gasteiger partial charge in [0, 0.05) is 13.0 Å². The van der Waals surface area contributed by atoms with Crippen molar-refractivity contribution in [3.8, 4) is 0 Å². The van der Waals surface area contributed by atoms with Crippen LogP contribution in [0.15, 0.2) is 24.3 Å². The molecule has 0 atom stereocenters. The Hall–Kier alpha value is -1.84. The zero-order valence-corrected chi connectivity index (χ0v) is 17.3. The molecule has 0 spiro atoms. The Labute approximate surface area is 164 Å². The van der Waals surface area contributed by atoms with Gasteiger partial charge in [0.15, 0.2) is 0 Å². The molecule has 0 aliphatic rings. The number of nitrogens with zero attached hydrogens (tertiary/aromatic N) is 2. The maximum atomic E-state index is 11.6. The fourth-order valence-electron chi connectivity index (χ4n) is 3.57. The Balaban J connectivity index is 1.76. The summed E-state index contributed by atoms with van der Waals surface area (Å²) in [7, 11) is 0. The first kappa shape index (κ1) is 21.5. The van der Waals surface area contributed by atoms with E-state index in [1.54, 1.807) is 0 Å². The predicted octanol–water partition coefficient (Wildman–Crippen LogP) is 5.98. The van der Waals surface area contributed by atoms with E-state index in [1.165, 1.54) is 69.7 Å². The quantitative estimate of drug-likeness (QED) is 0.415. The lowest BCUT2D eigenvalue weighted by Gasteiger charge is -2.10. The van der Waals surface area contributed by atoms with Crippen LogP contribution < -0.4 is 5.32 Å². The fraction of sp³-hybridized carbons (Fsp3) is 0.652. The van der Waals surface area contributed by atoms with Crippen LogP contribution in [0.4, 0.5) is 0 Å². The zero-order chi connectivity index (χ0) is 19.3. The number of amides is 1. The number of unbranched alkanes of at least 4 members (excludes halogenated alkanes) is 9. The fourth-order valence-corrected chi connectivity index (χ4v) is 3.57. The minimum Gasteiger partial charge on any atom is -0.349 e. The Kier molecular flexibility index (Phi) is 9.96. The lowest BCUT2D eigenvalue weighted by Crippen LogP contribution is -2.23. The summed E-state index contributed by atoms with van der Waals surface area (Å²) in [5.41, 5.74) is 2.19. The number of hydrogen-bond acceptors (Lipinski definition) is 2. The van der Waals surface area contributed by atoms with Gasteiger partial charge in [-0.1, -0.05) is 83.8 Å². The normalized spacial score (nSPS) is 11.2. The van der Waals surface area contributed by atoms with Crippen LogP contribution in [-0.2, 0) is 17.9 Å². The van der Waals surface area contributed by atoms with Gasteiger partial charge in [-0.2, -0.15) is 0 Å². The van der Waals surface area contributed by atoms with Crippen molar-refractivity contribution in [2.24, 2.45) is 0 Å². The molecule has 150 valence electrons. The first-order valence-electron chi connectivity index (χ1n) is 11.0. The highest BCUT2D eigenvalue weighted by molar-refractivity contribution is 5.77. The number of aromatic nitrogens is 2. The summed E-state index contributed by atoms with van der Waals surface area (Å²) in [6, 6.07) is 8.27. The Bertz CT molecular complexity index is 677. The van der Waals surface area contributed by atoms with Crippen LogP contribution in [0, 0.1) is 0 Å². The number of carbonyl (C=O) groups is 1. The van der Waals surface area contributed by atoms with Crippen molar-refractivity contribution in [2.45, 2.75) is 97.6 Å². The van der Waals surface area contributed by atoms with E-state index in [1.807, 2.05) is 13.0 Å². The number of fused-ring (bicyclic) bond motifs is 1. The molecule has 1 N–H and O–H groups in total. The van der Waals surface area contributed by atoms with Crippen LogP contribution in [0.5, 0.6) is 0 Å². The first-order valence-corrected chi connectivity index (χ1v) is 11.0. The average molecular weight is 372 g/mol. The first-order chi connectivity index (χ1) is 13.3. The SMILES string of the molecule is CCCCCCCCCCCCn1c(CNC(=O)CC)nc2ccccc21. The summed E-state index contributed by atoms with van der Waals surface area (Å²) in [6.45, 7) is 5.64. The minimum absolute atomic E-state index is 0.0764. The van der Waals surface area contributed by atoms with E-state index in [4.69, 9.17) is 4.98 Å². The van der Waals surface area contributed by atoms with E-state index >= 15 is 0 Å². The van der Waals surface area contributed by atoms with Crippen molar-refractivity contribution in [1.82, 2.24) is 14.9 Å². The average Bonchev–Trinajstić information content (AvgIpc) is 3.05. The van der Waals surface area contributed by atoms with E-state index < -0.39 is 0 Å². The highest BCUT2D eigenvalue weighted by Crippen LogP contribution is 2.18. The summed E-state index contributed by atoms with van der Waals surface area (Å²) in [5, 5.41) is 2.97. The van der Waals surface area contributed by atoms with Crippen LogP contribution in [0.1, 0.15) is 90.3 Å². The molecule has 0 aliphatic carbocycles. The second-order valence-electron chi connectivity index (χ2n) is 7.48. The molecule has 27 heavy (non-hydrogen) atoms. The van der Waals surface area contributed by atoms with E-state index in [0.29, 0.717) is 13.0 Å². The Morgan fingerprint density at radius 2 is 1.56 bits per heavy atom. The van der Waals surface area contributed by atoms with Gasteiger partial charge in [-0.15, -0.1) is 0 Å². The summed E-state index contributed by atoms with van der Waals surface area (Å²) >= 11 is 0. The van der Waals surface area contributed by atoms with E-state index in [-0.39, 0.29) is 5.91 Å². The van der Waals surface area contributed by atoms with Gasteiger partial charge in [0.2, 0.25) is 5.91 Å². The molecule has 1 aromatic carbocycles. The van der Waals surface area contributed by atoms with Crippen molar-refractivity contribution < 1.29 is 4.79 Å². The third kappa shape index (κ3) is 7.36. The number of nitrogens with one attached hydrogen (secondary N) is 1. The smallest absolute Gasteiger partial charge is 0.220 e. The highest BCUT2D eigenvalue weighted by Gasteiger charge is 2.10. The molecule has 0 saturated heterocycles. The minimum atomic E-state index is 0.0764. The molecule has 4 heteroatoms. The molecule has 0 bridgehead atoms. The van der Waals surface area contributed by atoms with Gasteiger partial charge in [0.1, 0.15) is 5.82 Å². The molecule has 0 fully saturated rings. The predicted molar refractivity (Wildman–Crippen MR) is 114 cm³/mol. The molecule has 0 saturated carbocycles. The van der Waals surface area contributed by atoms with E-state index in [2.05, 4.69) is 35.0 Å². The summed E-state index contributed by atoms with van der Waals surface area (Å²) in [6.07, 6.45) is 13.9. The van der Waals surface area contributed by atoms with Gasteiger partial charge in [-0.25, -0.2) is 4.98 Å². The second kappa shape index (κ2) is 12.5. The standard InChI is InChI=1S/C23H37N3O/c1-3-5-6-7-8-9-10-11-12-15-18-26-21-17-14-13-16-20(21)25-22(26)19-24-23(27)4-2/h13-14,16-17H,3-12,15,18-19H2,1-2H3,(H,24,27). The number of aryl methyl sites for hydroxylation is 1. The maximum absolute atomic E-state index is 11.6. The molecule has 1 amide bonds. The molecule has 4 nitrogen and oxygen atoms in total. The Morgan fingerprint density at radius 3 is 2.22 bits per heavy atom. The highest BCUT2D eigenvalue weighted by atomic mass is 16.1. The lowest BCUT2D eigenvalue weighted by atomic mass is 10.1. The summed E-state index contributed by atoms with van der Waals surface area (Å²) in [4.78, 5) is 16.3.